The van der Waals surface area contributed by atoms with Gasteiger partial charge in [-0.3, -0.25) is 4.79 Å². The van der Waals surface area contributed by atoms with Crippen LogP contribution in [0, 0.1) is 0 Å². The van der Waals surface area contributed by atoms with E-state index in [4.69, 9.17) is 16.7 Å². The molecule has 0 aromatic heterocycles. The molecule has 0 aliphatic carbocycles. The molecule has 0 fully saturated rings. The van der Waals surface area contributed by atoms with Crippen LogP contribution in [0.5, 0.6) is 0 Å². The lowest BCUT2D eigenvalue weighted by Gasteiger charge is -2.02. The number of rotatable bonds is 10. The quantitative estimate of drug-likeness (QED) is 0.241. The van der Waals surface area contributed by atoms with Crippen LogP contribution in [0.25, 0.3) is 0 Å². The molecule has 0 saturated carbocycles. The molecule has 4 heteroatoms. The summed E-state index contributed by atoms with van der Waals surface area (Å²) < 4.78 is 0. The van der Waals surface area contributed by atoms with Gasteiger partial charge in [-0.1, -0.05) is 74.4 Å². The number of aliphatic hydroxyl groups is 1. The average molecular weight is 356 g/mol. The Labute approximate surface area is 131 Å². The summed E-state index contributed by atoms with van der Waals surface area (Å²) in [6, 6.07) is 0. The van der Waals surface area contributed by atoms with Crippen molar-refractivity contribution in [1.29, 1.82) is 0 Å². The first-order valence-electron chi connectivity index (χ1n) is 7.09. The van der Waals surface area contributed by atoms with Crippen LogP contribution in [-0.4, -0.2) is 15.4 Å². The summed E-state index contributed by atoms with van der Waals surface area (Å²) >= 11 is 8.01. The van der Waals surface area contributed by atoms with Crippen LogP contribution >= 0.6 is 27.5 Å². The molecule has 0 spiro atoms. The molecular weight excluding hydrogens is 328 g/mol. The zero-order valence-electron chi connectivity index (χ0n) is 12.3. The van der Waals surface area contributed by atoms with Crippen LogP contribution in [0.1, 0.15) is 71.6 Å². The maximum Gasteiger partial charge on any atom is 0.247 e. The number of hydrogen-bond acceptors (Lipinski definition) is 2. The number of carbonyl (C=O) groups excluding carboxylic acids is 1. The van der Waals surface area contributed by atoms with Gasteiger partial charge in [-0.15, -0.1) is 0 Å². The Bertz CT molecular complexity index is 218. The van der Waals surface area contributed by atoms with Crippen molar-refractivity contribution in [3.63, 3.8) is 0 Å². The van der Waals surface area contributed by atoms with Gasteiger partial charge in [-0.2, -0.15) is 0 Å². The summed E-state index contributed by atoms with van der Waals surface area (Å²) in [4.78, 5) is 9.81. The lowest BCUT2D eigenvalue weighted by atomic mass is 10.1. The van der Waals surface area contributed by atoms with Gasteiger partial charge in [-0.05, 0) is 31.4 Å². The Balaban J connectivity index is 0. The van der Waals surface area contributed by atoms with Gasteiger partial charge in [0, 0.05) is 5.57 Å². The first-order valence-corrected chi connectivity index (χ1v) is 8.38. The molecule has 0 aliphatic rings. The highest BCUT2D eigenvalue weighted by Gasteiger charge is 1.96. The normalized spacial score (nSPS) is 11.4. The van der Waals surface area contributed by atoms with E-state index in [0.717, 1.165) is 12.8 Å². The van der Waals surface area contributed by atoms with Crippen molar-refractivity contribution in [1.82, 2.24) is 0 Å². The highest BCUT2D eigenvalue weighted by atomic mass is 79.9. The van der Waals surface area contributed by atoms with E-state index in [1.165, 1.54) is 44.9 Å². The van der Waals surface area contributed by atoms with Crippen LogP contribution in [0.4, 0.5) is 0 Å². The molecule has 0 saturated heterocycles. The van der Waals surface area contributed by atoms with E-state index in [2.05, 4.69) is 29.4 Å². The molecule has 0 aliphatic heterocycles. The maximum atomic E-state index is 9.81. The Morgan fingerprint density at radius 1 is 1.16 bits per heavy atom. The molecule has 19 heavy (non-hydrogen) atoms. The molecule has 114 valence electrons. The predicted octanol–water partition coefficient (Wildman–Crippen LogP) is 5.56. The molecule has 2 nitrogen and oxygen atoms in total. The van der Waals surface area contributed by atoms with Gasteiger partial charge < -0.3 is 5.11 Å². The first-order chi connectivity index (χ1) is 8.91. The fourth-order valence-corrected chi connectivity index (χ4v) is 1.77. The first kappa shape index (κ1) is 21.4. The lowest BCUT2D eigenvalue weighted by Crippen LogP contribution is -1.93. The highest BCUT2D eigenvalue weighted by molar-refractivity contribution is 9.09. The third kappa shape index (κ3) is 23.6. The van der Waals surface area contributed by atoms with Gasteiger partial charge in [-0.25, -0.2) is 0 Å². The van der Waals surface area contributed by atoms with Crippen LogP contribution in [0.3, 0.4) is 0 Å². The van der Waals surface area contributed by atoms with Crippen LogP contribution in [0.2, 0.25) is 0 Å². The second-order valence-electron chi connectivity index (χ2n) is 4.75. The van der Waals surface area contributed by atoms with Crippen LogP contribution < -0.4 is 0 Å². The van der Waals surface area contributed by atoms with E-state index in [0.29, 0.717) is 5.57 Å². The third-order valence-electron chi connectivity index (χ3n) is 2.63. The van der Waals surface area contributed by atoms with E-state index in [9.17, 15) is 4.79 Å². The van der Waals surface area contributed by atoms with Gasteiger partial charge in [0.2, 0.25) is 5.24 Å². The topological polar surface area (TPSA) is 37.3 Å². The van der Waals surface area contributed by atoms with Crippen molar-refractivity contribution in [2.24, 2.45) is 0 Å². The molecule has 0 heterocycles. The lowest BCUT2D eigenvalue weighted by molar-refractivity contribution is -0.108. The molecule has 1 atom stereocenters. The maximum absolute atomic E-state index is 9.81. The number of unbranched alkanes of at least 4 members (excludes halogenated alkanes) is 7. The van der Waals surface area contributed by atoms with Gasteiger partial charge in [0.05, 0.1) is 0 Å². The minimum atomic E-state index is -0.463. The number of hydrogen-bond donors (Lipinski definition) is 1. The van der Waals surface area contributed by atoms with Crippen molar-refractivity contribution in [3.8, 4) is 0 Å². The molecule has 1 unspecified atom stereocenters. The third-order valence-corrected chi connectivity index (χ3v) is 3.41. The molecule has 0 aromatic carbocycles. The highest BCUT2D eigenvalue weighted by Crippen LogP contribution is 2.12. The Morgan fingerprint density at radius 3 is 1.84 bits per heavy atom. The van der Waals surface area contributed by atoms with E-state index in [1.54, 1.807) is 6.92 Å². The molecule has 0 aromatic rings. The standard InChI is InChI=1S/C11H23BrO.C4H5ClO/c1-2-3-4-5-6-7-8-9-10-11(12)13;1-3(2)4(5)6/h11,13H,2-10H2,1H3;1H2,2H3. The van der Waals surface area contributed by atoms with Crippen LogP contribution in [-0.2, 0) is 4.79 Å². The summed E-state index contributed by atoms with van der Waals surface area (Å²) in [7, 11) is 0. The van der Waals surface area contributed by atoms with Crippen molar-refractivity contribution < 1.29 is 9.90 Å². The number of aliphatic hydroxyl groups excluding tert-OH is 1. The Kier molecular flexibility index (Phi) is 18.3. The van der Waals surface area contributed by atoms with E-state index < -0.39 is 5.24 Å². The molecular formula is C15H28BrClO2. The SMILES string of the molecule is C=C(C)C(=O)Cl.CCCCCCCCCCC(O)Br. The van der Waals surface area contributed by atoms with Gasteiger partial charge in [0.1, 0.15) is 5.01 Å². The van der Waals surface area contributed by atoms with Crippen molar-refractivity contribution in [2.75, 3.05) is 0 Å². The van der Waals surface area contributed by atoms with E-state index in [1.807, 2.05) is 0 Å². The summed E-state index contributed by atoms with van der Waals surface area (Å²) in [5.41, 5.74) is 0.386. The van der Waals surface area contributed by atoms with Crippen molar-refractivity contribution in [3.05, 3.63) is 12.2 Å². The number of alkyl halides is 1. The van der Waals surface area contributed by atoms with Crippen molar-refractivity contribution in [2.45, 2.75) is 76.6 Å². The largest absolute Gasteiger partial charge is 0.382 e. The summed E-state index contributed by atoms with van der Waals surface area (Å²) in [6.07, 6.45) is 11.5. The zero-order valence-corrected chi connectivity index (χ0v) is 14.6. The van der Waals surface area contributed by atoms with Crippen LogP contribution in [0.15, 0.2) is 12.2 Å². The van der Waals surface area contributed by atoms with Gasteiger partial charge in [0.25, 0.3) is 0 Å². The smallest absolute Gasteiger partial charge is 0.247 e. The van der Waals surface area contributed by atoms with Crippen molar-refractivity contribution >= 4 is 32.8 Å². The zero-order chi connectivity index (χ0) is 15.1. The summed E-state index contributed by atoms with van der Waals surface area (Å²) in [5.74, 6) is 0. The predicted molar refractivity (Wildman–Crippen MR) is 87.8 cm³/mol. The monoisotopic (exact) mass is 354 g/mol. The van der Waals surface area contributed by atoms with Gasteiger partial charge >= 0.3 is 0 Å². The number of halogens is 2. The van der Waals surface area contributed by atoms with E-state index in [-0.39, 0.29) is 5.01 Å². The number of allylic oxidation sites excluding steroid dienone is 1. The minimum absolute atomic E-state index is 0.285. The summed E-state index contributed by atoms with van der Waals surface area (Å²) in [5, 5.41) is 8.19. The minimum Gasteiger partial charge on any atom is -0.382 e. The van der Waals surface area contributed by atoms with Gasteiger partial charge in [0.15, 0.2) is 0 Å². The second-order valence-corrected chi connectivity index (χ2v) is 6.15. The molecule has 1 N–H and O–H groups in total. The average Bonchev–Trinajstić information content (AvgIpc) is 2.33. The fraction of sp³-hybridized carbons (Fsp3) is 0.800. The van der Waals surface area contributed by atoms with E-state index >= 15 is 0 Å². The second kappa shape index (κ2) is 16.2. The fourth-order valence-electron chi connectivity index (χ4n) is 1.45. The molecule has 0 amide bonds. The molecule has 0 radical (unpaired) electrons. The Hall–Kier alpha value is 0.140. The summed E-state index contributed by atoms with van der Waals surface area (Å²) in [6.45, 7) is 7.09. The molecule has 0 bridgehead atoms. The number of carbonyl (C=O) groups is 1. The molecule has 0 rings (SSSR count). The Morgan fingerprint density at radius 2 is 1.53 bits per heavy atom.